The first-order chi connectivity index (χ1) is 12.9. The van der Waals surface area contributed by atoms with Gasteiger partial charge < -0.3 is 14.7 Å². The van der Waals surface area contributed by atoms with Gasteiger partial charge in [-0.15, -0.1) is 0 Å². The number of nitrogens with one attached hydrogen (secondary N) is 2. The monoisotopic (exact) mass is 374 g/mol. The molecule has 2 aromatic rings. The fourth-order valence-corrected chi connectivity index (χ4v) is 3.17. The first-order valence-electron chi connectivity index (χ1n) is 8.06. The number of rotatable bonds is 6. The average Bonchev–Trinajstić information content (AvgIpc) is 3.44. The summed E-state index contributed by atoms with van der Waals surface area (Å²) in [7, 11) is 1.23. The number of carbonyl (C=O) groups is 2. The molecule has 0 spiro atoms. The highest BCUT2D eigenvalue weighted by atomic mass is 16.8. The molecule has 3 rings (SSSR count). The van der Waals surface area contributed by atoms with Gasteiger partial charge in [0.05, 0.1) is 13.0 Å². The van der Waals surface area contributed by atoms with E-state index in [0.717, 1.165) is 0 Å². The lowest BCUT2D eigenvalue weighted by Crippen LogP contribution is -2.99. The van der Waals surface area contributed by atoms with Gasteiger partial charge in [-0.25, -0.2) is 10.7 Å². The van der Waals surface area contributed by atoms with Crippen LogP contribution in [0.5, 0.6) is 11.5 Å². The molecule has 0 aromatic heterocycles. The maximum Gasteiger partial charge on any atom is 0.317 e. The van der Waals surface area contributed by atoms with Crippen LogP contribution < -0.4 is 15.4 Å². The molecular formula is C18H18N2O7. The van der Waals surface area contributed by atoms with Crippen LogP contribution in [0.2, 0.25) is 0 Å². The van der Waals surface area contributed by atoms with E-state index < -0.39 is 28.4 Å². The Kier molecular flexibility index (Phi) is 5.10. The van der Waals surface area contributed by atoms with Crippen molar-refractivity contribution in [2.75, 3.05) is 7.11 Å². The molecular weight excluding hydrogens is 356 g/mol. The van der Waals surface area contributed by atoms with E-state index in [4.69, 9.17) is 19.9 Å². The Hall–Kier alpha value is -2.98. The summed E-state index contributed by atoms with van der Waals surface area (Å²) in [6, 6.07) is 12.5. The summed E-state index contributed by atoms with van der Waals surface area (Å²) in [5, 5.41) is 27.9. The third-order valence-electron chi connectivity index (χ3n) is 4.60. The summed E-state index contributed by atoms with van der Waals surface area (Å²) in [6.45, 7) is 0. The van der Waals surface area contributed by atoms with Crippen molar-refractivity contribution in [1.29, 1.82) is 0 Å². The summed E-state index contributed by atoms with van der Waals surface area (Å²) < 4.78 is 10.6. The summed E-state index contributed by atoms with van der Waals surface area (Å²) in [4.78, 5) is 24.1. The lowest BCUT2D eigenvalue weighted by atomic mass is 9.92. The lowest BCUT2D eigenvalue weighted by Gasteiger charge is -2.17. The van der Waals surface area contributed by atoms with Gasteiger partial charge in [-0.1, -0.05) is 18.2 Å². The minimum absolute atomic E-state index is 0.0801. The van der Waals surface area contributed by atoms with Crippen molar-refractivity contribution in [2.24, 2.45) is 5.92 Å². The van der Waals surface area contributed by atoms with Gasteiger partial charge in [0.2, 0.25) is 5.91 Å². The van der Waals surface area contributed by atoms with Gasteiger partial charge in [0.15, 0.2) is 5.69 Å². The second-order valence-electron chi connectivity index (χ2n) is 6.16. The first-order valence-corrected chi connectivity index (χ1v) is 8.06. The summed E-state index contributed by atoms with van der Waals surface area (Å²) in [6.07, 6.45) is 0.198. The molecule has 1 saturated carbocycles. The SMILES string of the molecule is COC(=O)[C@]1(c2cccc(Oc3cccc([NH+]([O-])O)c3)c2)C[C@H]1C(=O)NO. The maximum absolute atomic E-state index is 12.3. The van der Waals surface area contributed by atoms with Gasteiger partial charge in [0, 0.05) is 12.1 Å². The smallest absolute Gasteiger partial charge is 0.317 e. The standard InChI is InChI=1S/C18H18N2O7/c1-26-17(22)18(10-15(18)16(21)19-23)11-4-2-6-13(8-11)27-14-7-3-5-12(9-14)20(24)25/h2-9,15,20,23-24H,10H2,1H3,(H,19,21)/t15-,18-/m0/s1. The van der Waals surface area contributed by atoms with Crippen molar-refractivity contribution in [1.82, 2.24) is 5.48 Å². The molecule has 1 unspecified atom stereocenters. The summed E-state index contributed by atoms with van der Waals surface area (Å²) in [5.41, 5.74) is 0.967. The van der Waals surface area contributed by atoms with E-state index in [1.165, 1.54) is 19.2 Å². The third-order valence-corrected chi connectivity index (χ3v) is 4.60. The largest absolute Gasteiger partial charge is 0.595 e. The maximum atomic E-state index is 12.3. The van der Waals surface area contributed by atoms with E-state index in [1.807, 2.05) is 0 Å². The van der Waals surface area contributed by atoms with Crippen LogP contribution in [0.3, 0.4) is 0 Å². The number of hydrogen-bond acceptors (Lipinski definition) is 7. The Balaban J connectivity index is 1.90. The molecule has 4 N–H and O–H groups in total. The van der Waals surface area contributed by atoms with Crippen LogP contribution in [0, 0.1) is 11.1 Å². The van der Waals surface area contributed by atoms with Crippen LogP contribution in [-0.2, 0) is 19.7 Å². The van der Waals surface area contributed by atoms with E-state index in [-0.39, 0.29) is 12.1 Å². The molecule has 0 radical (unpaired) electrons. The molecule has 0 saturated heterocycles. The fraction of sp³-hybridized carbons (Fsp3) is 0.222. The van der Waals surface area contributed by atoms with Crippen molar-refractivity contribution >= 4 is 17.6 Å². The van der Waals surface area contributed by atoms with Gasteiger partial charge in [0.1, 0.15) is 16.9 Å². The van der Waals surface area contributed by atoms with Crippen molar-refractivity contribution in [3.63, 3.8) is 0 Å². The average molecular weight is 374 g/mol. The molecule has 1 aliphatic carbocycles. The summed E-state index contributed by atoms with van der Waals surface area (Å²) in [5.74, 6) is -1.31. The molecule has 9 heteroatoms. The van der Waals surface area contributed by atoms with Gasteiger partial charge in [0.25, 0.3) is 0 Å². The van der Waals surface area contributed by atoms with E-state index >= 15 is 0 Å². The van der Waals surface area contributed by atoms with Crippen molar-refractivity contribution in [3.05, 3.63) is 59.3 Å². The Morgan fingerprint density at radius 2 is 1.89 bits per heavy atom. The van der Waals surface area contributed by atoms with E-state index in [1.54, 1.807) is 41.9 Å². The quantitative estimate of drug-likeness (QED) is 0.334. The molecule has 1 aliphatic rings. The molecule has 0 aliphatic heterocycles. The Morgan fingerprint density at radius 3 is 2.52 bits per heavy atom. The summed E-state index contributed by atoms with van der Waals surface area (Å²) >= 11 is 0. The van der Waals surface area contributed by atoms with Crippen molar-refractivity contribution in [2.45, 2.75) is 11.8 Å². The van der Waals surface area contributed by atoms with Gasteiger partial charge in [-0.2, -0.15) is 5.23 Å². The highest BCUT2D eigenvalue weighted by Crippen LogP contribution is 2.55. The van der Waals surface area contributed by atoms with Crippen LogP contribution in [-0.4, -0.2) is 29.4 Å². The number of ether oxygens (including phenoxy) is 2. The molecule has 1 amide bonds. The normalized spacial score (nSPS) is 21.9. The highest BCUT2D eigenvalue weighted by Gasteiger charge is 2.65. The minimum atomic E-state index is -1.19. The molecule has 0 heterocycles. The Morgan fingerprint density at radius 1 is 1.22 bits per heavy atom. The topological polar surface area (TPSA) is 133 Å². The van der Waals surface area contributed by atoms with Gasteiger partial charge in [-0.3, -0.25) is 14.8 Å². The second-order valence-corrected chi connectivity index (χ2v) is 6.16. The van der Waals surface area contributed by atoms with E-state index in [2.05, 4.69) is 0 Å². The number of carbonyl (C=O) groups excluding carboxylic acids is 2. The molecule has 142 valence electrons. The number of hydroxylamine groups is 1. The van der Waals surface area contributed by atoms with E-state index in [9.17, 15) is 14.8 Å². The number of benzene rings is 2. The van der Waals surface area contributed by atoms with Gasteiger partial charge >= 0.3 is 5.97 Å². The third kappa shape index (κ3) is 3.49. The number of esters is 1. The van der Waals surface area contributed by atoms with Crippen LogP contribution in [0.25, 0.3) is 0 Å². The van der Waals surface area contributed by atoms with Crippen molar-refractivity contribution < 1.29 is 34.7 Å². The van der Waals surface area contributed by atoms with Crippen LogP contribution in [0.1, 0.15) is 12.0 Å². The first kappa shape index (κ1) is 18.8. The fourth-order valence-electron chi connectivity index (χ4n) is 3.17. The predicted octanol–water partition coefficient (Wildman–Crippen LogP) is 0.818. The zero-order valence-electron chi connectivity index (χ0n) is 14.3. The molecule has 9 nitrogen and oxygen atoms in total. The second kappa shape index (κ2) is 7.33. The number of quaternary nitrogens is 1. The Bertz CT molecular complexity index is 870. The minimum Gasteiger partial charge on any atom is -0.595 e. The predicted molar refractivity (Wildman–Crippen MR) is 90.5 cm³/mol. The van der Waals surface area contributed by atoms with E-state index in [0.29, 0.717) is 17.1 Å². The zero-order valence-corrected chi connectivity index (χ0v) is 14.3. The zero-order chi connectivity index (χ0) is 19.6. The lowest BCUT2D eigenvalue weighted by molar-refractivity contribution is -0.991. The number of hydrogen-bond donors (Lipinski definition) is 4. The highest BCUT2D eigenvalue weighted by molar-refractivity contribution is 5.97. The molecule has 3 atom stereocenters. The molecule has 0 bridgehead atoms. The number of methoxy groups -OCH3 is 1. The van der Waals surface area contributed by atoms with Crippen molar-refractivity contribution in [3.8, 4) is 11.5 Å². The Labute approximate surface area is 154 Å². The van der Waals surface area contributed by atoms with Crippen LogP contribution in [0.4, 0.5) is 5.69 Å². The number of amides is 1. The van der Waals surface area contributed by atoms with Crippen LogP contribution in [0.15, 0.2) is 48.5 Å². The molecule has 1 fully saturated rings. The molecule has 27 heavy (non-hydrogen) atoms. The van der Waals surface area contributed by atoms with Gasteiger partial charge in [-0.05, 0) is 30.2 Å². The van der Waals surface area contributed by atoms with Crippen LogP contribution >= 0.6 is 0 Å². The molecule has 2 aromatic carbocycles.